The number of benzene rings is 1. The number of furan rings is 1. The van der Waals surface area contributed by atoms with Crippen LogP contribution >= 0.6 is 0 Å². The molecule has 2 rings (SSSR count). The van der Waals surface area contributed by atoms with Gasteiger partial charge in [0.1, 0.15) is 22.6 Å². The van der Waals surface area contributed by atoms with Crippen molar-refractivity contribution in [3.63, 3.8) is 0 Å². The monoisotopic (exact) mass is 222 g/mol. The second-order valence-electron chi connectivity index (χ2n) is 3.13. The lowest BCUT2D eigenvalue weighted by Gasteiger charge is -2.09. The second-order valence-corrected chi connectivity index (χ2v) is 3.13. The van der Waals surface area contributed by atoms with E-state index in [1.165, 1.54) is 26.5 Å². The summed E-state index contributed by atoms with van der Waals surface area (Å²) in [5.41, 5.74) is 0.445. The maximum Gasteiger partial charge on any atom is 0.345 e. The maximum atomic E-state index is 11.5. The minimum atomic E-state index is -0.655. The summed E-state index contributed by atoms with van der Waals surface area (Å²) in [5, 5.41) is 10.3. The van der Waals surface area contributed by atoms with Gasteiger partial charge < -0.3 is 19.0 Å². The van der Waals surface area contributed by atoms with Gasteiger partial charge in [0.15, 0.2) is 0 Å². The minimum Gasteiger partial charge on any atom is -0.507 e. The van der Waals surface area contributed by atoms with Crippen LogP contribution < -0.4 is 4.74 Å². The minimum absolute atomic E-state index is 0.00102. The highest BCUT2D eigenvalue weighted by molar-refractivity contribution is 6.02. The third kappa shape index (κ3) is 1.37. The summed E-state index contributed by atoms with van der Waals surface area (Å²) in [4.78, 5) is 11.5. The molecule has 1 aromatic carbocycles. The third-order valence-corrected chi connectivity index (χ3v) is 2.28. The quantitative estimate of drug-likeness (QED) is 0.786. The number of carbonyl (C=O) groups excluding carboxylic acids is 1. The molecule has 0 spiro atoms. The van der Waals surface area contributed by atoms with E-state index in [0.717, 1.165) is 0 Å². The molecule has 0 unspecified atom stereocenters. The molecule has 0 fully saturated rings. The predicted octanol–water partition coefficient (Wildman–Crippen LogP) is 1.93. The van der Waals surface area contributed by atoms with Gasteiger partial charge in [0.05, 0.1) is 25.9 Å². The van der Waals surface area contributed by atoms with E-state index in [0.29, 0.717) is 11.0 Å². The van der Waals surface area contributed by atoms with Crippen LogP contribution in [-0.4, -0.2) is 25.3 Å². The zero-order valence-corrected chi connectivity index (χ0v) is 8.81. The fraction of sp³-hybridized carbons (Fsp3) is 0.182. The first-order chi connectivity index (χ1) is 7.69. The third-order valence-electron chi connectivity index (χ3n) is 2.28. The molecule has 0 aliphatic carbocycles. The molecular weight excluding hydrogens is 212 g/mol. The number of hydrogen-bond donors (Lipinski definition) is 1. The van der Waals surface area contributed by atoms with Crippen molar-refractivity contribution >= 4 is 16.9 Å². The van der Waals surface area contributed by atoms with E-state index in [1.807, 2.05) is 0 Å². The van der Waals surface area contributed by atoms with Crippen molar-refractivity contribution in [1.82, 2.24) is 0 Å². The van der Waals surface area contributed by atoms with Crippen LogP contribution in [0.15, 0.2) is 22.8 Å². The smallest absolute Gasteiger partial charge is 0.345 e. The first-order valence-electron chi connectivity index (χ1n) is 4.54. The van der Waals surface area contributed by atoms with Crippen molar-refractivity contribution in [3.8, 4) is 11.5 Å². The standard InChI is InChI=1S/C11H10O5/c1-14-10-6-3-4-16-8(6)5-7(12)9(10)11(13)15-2/h3-5,12H,1-2H3. The number of aromatic hydroxyl groups is 1. The summed E-state index contributed by atoms with van der Waals surface area (Å²) in [6, 6.07) is 3.00. The van der Waals surface area contributed by atoms with Crippen LogP contribution in [0.2, 0.25) is 0 Å². The Morgan fingerprint density at radius 3 is 2.81 bits per heavy atom. The van der Waals surface area contributed by atoms with Gasteiger partial charge in [-0.2, -0.15) is 0 Å². The Kier molecular flexibility index (Phi) is 2.44. The van der Waals surface area contributed by atoms with E-state index in [2.05, 4.69) is 4.74 Å². The first-order valence-corrected chi connectivity index (χ1v) is 4.54. The summed E-state index contributed by atoms with van der Waals surface area (Å²) < 4.78 is 14.8. The van der Waals surface area contributed by atoms with Crippen LogP contribution in [-0.2, 0) is 4.74 Å². The van der Waals surface area contributed by atoms with Crippen LogP contribution in [0, 0.1) is 0 Å². The first kappa shape index (κ1) is 10.4. The lowest BCUT2D eigenvalue weighted by atomic mass is 10.1. The zero-order chi connectivity index (χ0) is 11.7. The maximum absolute atomic E-state index is 11.5. The molecule has 0 saturated heterocycles. The van der Waals surface area contributed by atoms with Crippen LogP contribution in [0.4, 0.5) is 0 Å². The van der Waals surface area contributed by atoms with Gasteiger partial charge in [-0.05, 0) is 6.07 Å². The van der Waals surface area contributed by atoms with Gasteiger partial charge in [0.25, 0.3) is 0 Å². The van der Waals surface area contributed by atoms with Crippen molar-refractivity contribution < 1.29 is 23.8 Å². The van der Waals surface area contributed by atoms with Gasteiger partial charge in [0, 0.05) is 6.07 Å². The number of rotatable bonds is 2. The molecule has 0 atom stereocenters. The molecule has 0 radical (unpaired) electrons. The molecular formula is C11H10O5. The molecule has 1 N–H and O–H groups in total. The lowest BCUT2D eigenvalue weighted by Crippen LogP contribution is -2.04. The molecule has 1 heterocycles. The van der Waals surface area contributed by atoms with Crippen LogP contribution in [0.1, 0.15) is 10.4 Å². The summed E-state index contributed by atoms with van der Waals surface area (Å²) in [5.74, 6) is -0.640. The fourth-order valence-electron chi connectivity index (χ4n) is 1.58. The largest absolute Gasteiger partial charge is 0.507 e. The zero-order valence-electron chi connectivity index (χ0n) is 8.81. The summed E-state index contributed by atoms with van der Waals surface area (Å²) in [6.07, 6.45) is 1.45. The number of esters is 1. The van der Waals surface area contributed by atoms with E-state index in [9.17, 15) is 9.90 Å². The fourth-order valence-corrected chi connectivity index (χ4v) is 1.58. The van der Waals surface area contributed by atoms with E-state index in [4.69, 9.17) is 9.15 Å². The number of hydrogen-bond acceptors (Lipinski definition) is 5. The van der Waals surface area contributed by atoms with E-state index >= 15 is 0 Å². The Bertz CT molecular complexity index is 541. The summed E-state index contributed by atoms with van der Waals surface area (Å²) >= 11 is 0. The average Bonchev–Trinajstić information content (AvgIpc) is 2.73. The van der Waals surface area contributed by atoms with E-state index in [1.54, 1.807) is 6.07 Å². The van der Waals surface area contributed by atoms with Gasteiger partial charge in [0.2, 0.25) is 0 Å². The topological polar surface area (TPSA) is 68.9 Å². The number of phenolic OH excluding ortho intramolecular Hbond substituents is 1. The Hall–Kier alpha value is -2.17. The van der Waals surface area contributed by atoms with Gasteiger partial charge in [-0.1, -0.05) is 0 Å². The van der Waals surface area contributed by atoms with Gasteiger partial charge in [-0.3, -0.25) is 0 Å². The van der Waals surface area contributed by atoms with Crippen molar-refractivity contribution in [1.29, 1.82) is 0 Å². The number of phenols is 1. The van der Waals surface area contributed by atoms with Crippen LogP contribution in [0.3, 0.4) is 0 Å². The second kappa shape index (κ2) is 3.77. The molecule has 1 aromatic heterocycles. The SMILES string of the molecule is COC(=O)c1c(O)cc2occc2c1OC. The molecule has 2 aromatic rings. The van der Waals surface area contributed by atoms with Gasteiger partial charge in [-0.15, -0.1) is 0 Å². The molecule has 0 aliphatic rings. The number of fused-ring (bicyclic) bond motifs is 1. The highest BCUT2D eigenvalue weighted by Gasteiger charge is 2.22. The van der Waals surface area contributed by atoms with Crippen molar-refractivity contribution in [2.24, 2.45) is 0 Å². The lowest BCUT2D eigenvalue weighted by molar-refractivity contribution is 0.0594. The highest BCUT2D eigenvalue weighted by Crippen LogP contribution is 2.37. The Morgan fingerprint density at radius 2 is 2.19 bits per heavy atom. The van der Waals surface area contributed by atoms with Crippen LogP contribution in [0.25, 0.3) is 11.0 Å². The number of carbonyl (C=O) groups is 1. The normalized spacial score (nSPS) is 10.4. The van der Waals surface area contributed by atoms with Gasteiger partial charge in [-0.25, -0.2) is 4.79 Å². The molecule has 16 heavy (non-hydrogen) atoms. The Labute approximate surface area is 91.2 Å². The number of methoxy groups -OCH3 is 2. The number of ether oxygens (including phenoxy) is 2. The summed E-state index contributed by atoms with van der Waals surface area (Å²) in [7, 11) is 2.65. The molecule has 5 nitrogen and oxygen atoms in total. The average molecular weight is 222 g/mol. The molecule has 5 heteroatoms. The van der Waals surface area contributed by atoms with Crippen molar-refractivity contribution in [2.45, 2.75) is 0 Å². The predicted molar refractivity (Wildman–Crippen MR) is 55.8 cm³/mol. The Balaban J connectivity index is 2.79. The molecule has 0 bridgehead atoms. The molecule has 0 amide bonds. The molecule has 0 saturated carbocycles. The molecule has 84 valence electrons. The molecule has 0 aliphatic heterocycles. The van der Waals surface area contributed by atoms with Crippen molar-refractivity contribution in [2.75, 3.05) is 14.2 Å². The van der Waals surface area contributed by atoms with E-state index in [-0.39, 0.29) is 17.1 Å². The highest BCUT2D eigenvalue weighted by atomic mass is 16.5. The van der Waals surface area contributed by atoms with Crippen molar-refractivity contribution in [3.05, 3.63) is 24.0 Å². The Morgan fingerprint density at radius 1 is 1.44 bits per heavy atom. The van der Waals surface area contributed by atoms with Crippen LogP contribution in [0.5, 0.6) is 11.5 Å². The van der Waals surface area contributed by atoms with Gasteiger partial charge >= 0.3 is 5.97 Å². The summed E-state index contributed by atoms with van der Waals surface area (Å²) in [6.45, 7) is 0. The van der Waals surface area contributed by atoms with E-state index < -0.39 is 5.97 Å².